The lowest BCUT2D eigenvalue weighted by atomic mass is 10.2. The normalized spacial score (nSPS) is 11.5. The summed E-state index contributed by atoms with van der Waals surface area (Å²) in [6.45, 7) is 1.93. The summed E-state index contributed by atoms with van der Waals surface area (Å²) >= 11 is 0. The lowest BCUT2D eigenvalue weighted by Gasteiger charge is -2.11. The molecule has 0 aliphatic carbocycles. The first-order chi connectivity index (χ1) is 6.78. The highest BCUT2D eigenvalue weighted by Crippen LogP contribution is 2.27. The molecule has 0 bridgehead atoms. The van der Waals surface area contributed by atoms with E-state index in [9.17, 15) is 13.2 Å². The lowest BCUT2D eigenvalue weighted by Crippen LogP contribution is -2.20. The van der Waals surface area contributed by atoms with Gasteiger partial charge in [-0.1, -0.05) is 0 Å². The van der Waals surface area contributed by atoms with E-state index in [-0.39, 0.29) is 11.4 Å². The van der Waals surface area contributed by atoms with Gasteiger partial charge in [-0.3, -0.25) is 0 Å². The van der Waals surface area contributed by atoms with E-state index in [1.54, 1.807) is 13.0 Å². The number of halogens is 3. The largest absolute Gasteiger partial charge is 0.406 e. The Balaban J connectivity index is 3.27. The van der Waals surface area contributed by atoms with Crippen LogP contribution in [0.4, 0.5) is 19.0 Å². The molecular weight excluding hydrogens is 207 g/mol. The number of nitrogen functional groups attached to an aromatic ring is 1. The first kappa shape index (κ1) is 11.4. The Morgan fingerprint density at radius 3 is 2.27 bits per heavy atom. The van der Waals surface area contributed by atoms with Crippen LogP contribution in [0.1, 0.15) is 16.8 Å². The highest BCUT2D eigenvalue weighted by molar-refractivity contribution is 5.57. The number of rotatable bonds is 1. The van der Waals surface area contributed by atoms with Crippen LogP contribution in [-0.4, -0.2) is 10.7 Å². The van der Waals surface area contributed by atoms with Crippen LogP contribution in [-0.2, 0) is 6.54 Å². The zero-order valence-corrected chi connectivity index (χ0v) is 8.31. The fraction of sp³-hybridized carbons (Fsp3) is 0.444. The van der Waals surface area contributed by atoms with Crippen LogP contribution in [0.15, 0.2) is 0 Å². The van der Waals surface area contributed by atoms with E-state index in [1.165, 1.54) is 6.92 Å². The predicted molar refractivity (Wildman–Crippen MR) is 49.1 cm³/mol. The first-order valence-electron chi connectivity index (χ1n) is 4.20. The van der Waals surface area contributed by atoms with Crippen LogP contribution in [0.25, 0.3) is 0 Å². The van der Waals surface area contributed by atoms with E-state index in [0.29, 0.717) is 11.3 Å². The molecule has 15 heavy (non-hydrogen) atoms. The second-order valence-electron chi connectivity index (χ2n) is 3.28. The Hall–Kier alpha value is -1.64. The first-order valence-corrected chi connectivity index (χ1v) is 4.20. The third-order valence-electron chi connectivity index (χ3n) is 2.32. The Bertz CT molecular complexity index is 423. The van der Waals surface area contributed by atoms with Crippen LogP contribution in [0, 0.1) is 25.2 Å². The van der Waals surface area contributed by atoms with Crippen molar-refractivity contribution in [2.75, 3.05) is 5.73 Å². The number of hydrogen-bond acceptors (Lipinski definition) is 2. The number of nitrogens with zero attached hydrogens (tertiary/aromatic N) is 2. The maximum atomic E-state index is 12.2. The summed E-state index contributed by atoms with van der Waals surface area (Å²) in [6.07, 6.45) is -4.34. The molecule has 0 unspecified atom stereocenters. The van der Waals surface area contributed by atoms with Gasteiger partial charge in [0.2, 0.25) is 0 Å². The predicted octanol–water partition coefficient (Wildman–Crippen LogP) is 2.12. The summed E-state index contributed by atoms with van der Waals surface area (Å²) in [5, 5.41) is 8.71. The minimum Gasteiger partial charge on any atom is -0.384 e. The van der Waals surface area contributed by atoms with Crippen LogP contribution in [0.5, 0.6) is 0 Å². The molecule has 6 heteroatoms. The van der Waals surface area contributed by atoms with Gasteiger partial charge in [0.25, 0.3) is 0 Å². The van der Waals surface area contributed by atoms with Crippen molar-refractivity contribution < 1.29 is 13.2 Å². The molecule has 0 amide bonds. The molecule has 0 atom stereocenters. The molecule has 0 spiro atoms. The molecule has 0 fully saturated rings. The van der Waals surface area contributed by atoms with Gasteiger partial charge in [-0.15, -0.1) is 0 Å². The average Bonchev–Trinajstić information content (AvgIpc) is 2.28. The number of aromatic nitrogens is 1. The molecule has 1 rings (SSSR count). The van der Waals surface area contributed by atoms with Crippen LogP contribution >= 0.6 is 0 Å². The fourth-order valence-corrected chi connectivity index (χ4v) is 1.42. The number of hydrogen-bond donors (Lipinski definition) is 1. The van der Waals surface area contributed by atoms with Crippen molar-refractivity contribution in [3.05, 3.63) is 16.8 Å². The minimum atomic E-state index is -4.34. The van der Waals surface area contributed by atoms with Gasteiger partial charge in [0.05, 0.1) is 5.56 Å². The van der Waals surface area contributed by atoms with Crippen molar-refractivity contribution in [1.82, 2.24) is 4.57 Å². The fourth-order valence-electron chi connectivity index (χ4n) is 1.42. The van der Waals surface area contributed by atoms with E-state index in [4.69, 9.17) is 11.0 Å². The van der Waals surface area contributed by atoms with Crippen molar-refractivity contribution >= 4 is 5.82 Å². The SMILES string of the molecule is Cc1c(C#N)c(N)n(CC(F)(F)F)c1C. The summed E-state index contributed by atoms with van der Waals surface area (Å²) in [5.41, 5.74) is 6.46. The Morgan fingerprint density at radius 2 is 1.93 bits per heavy atom. The Kier molecular flexibility index (Phi) is 2.67. The van der Waals surface area contributed by atoms with E-state index in [1.807, 2.05) is 0 Å². The van der Waals surface area contributed by atoms with Crippen LogP contribution in [0.2, 0.25) is 0 Å². The number of alkyl halides is 3. The molecule has 1 aromatic rings. The summed E-state index contributed by atoms with van der Waals surface area (Å²) in [4.78, 5) is 0. The highest BCUT2D eigenvalue weighted by atomic mass is 19.4. The maximum Gasteiger partial charge on any atom is 0.406 e. The van der Waals surface area contributed by atoms with E-state index in [2.05, 4.69) is 0 Å². The van der Waals surface area contributed by atoms with Gasteiger partial charge >= 0.3 is 6.18 Å². The molecule has 1 aromatic heterocycles. The summed E-state index contributed by atoms with van der Waals surface area (Å²) in [6, 6.07) is 1.80. The van der Waals surface area contributed by atoms with Gasteiger partial charge < -0.3 is 10.3 Å². The van der Waals surface area contributed by atoms with Gasteiger partial charge in [-0.25, -0.2) is 0 Å². The summed E-state index contributed by atoms with van der Waals surface area (Å²) < 4.78 is 37.5. The topological polar surface area (TPSA) is 54.7 Å². The van der Waals surface area contributed by atoms with Gasteiger partial charge in [0, 0.05) is 5.69 Å². The van der Waals surface area contributed by atoms with Gasteiger partial charge in [0.1, 0.15) is 18.4 Å². The zero-order valence-electron chi connectivity index (χ0n) is 8.31. The Morgan fingerprint density at radius 1 is 1.40 bits per heavy atom. The molecule has 2 N–H and O–H groups in total. The van der Waals surface area contributed by atoms with E-state index >= 15 is 0 Å². The zero-order chi connectivity index (χ0) is 11.8. The highest BCUT2D eigenvalue weighted by Gasteiger charge is 2.30. The van der Waals surface area contributed by atoms with Gasteiger partial charge in [-0.2, -0.15) is 18.4 Å². The molecule has 0 aliphatic rings. The maximum absolute atomic E-state index is 12.2. The van der Waals surface area contributed by atoms with Crippen molar-refractivity contribution in [2.45, 2.75) is 26.6 Å². The van der Waals surface area contributed by atoms with Crippen LogP contribution in [0.3, 0.4) is 0 Å². The quantitative estimate of drug-likeness (QED) is 0.783. The van der Waals surface area contributed by atoms with Gasteiger partial charge in [-0.05, 0) is 19.4 Å². The number of anilines is 1. The molecule has 0 radical (unpaired) electrons. The second-order valence-corrected chi connectivity index (χ2v) is 3.28. The molecule has 0 aliphatic heterocycles. The van der Waals surface area contributed by atoms with Crippen molar-refractivity contribution in [3.63, 3.8) is 0 Å². The second kappa shape index (κ2) is 3.50. The molecule has 82 valence electrons. The average molecular weight is 217 g/mol. The number of nitriles is 1. The van der Waals surface area contributed by atoms with Crippen molar-refractivity contribution in [1.29, 1.82) is 5.26 Å². The number of nitrogens with two attached hydrogens (primary N) is 1. The third kappa shape index (κ3) is 2.06. The Labute approximate surface area is 84.9 Å². The molecule has 0 saturated carbocycles. The third-order valence-corrected chi connectivity index (χ3v) is 2.32. The van der Waals surface area contributed by atoms with Crippen LogP contribution < -0.4 is 5.73 Å². The molecule has 1 heterocycles. The minimum absolute atomic E-state index is 0.121. The summed E-state index contributed by atoms with van der Waals surface area (Å²) in [5.74, 6) is -0.121. The van der Waals surface area contributed by atoms with E-state index in [0.717, 1.165) is 4.57 Å². The monoisotopic (exact) mass is 217 g/mol. The molecule has 3 nitrogen and oxygen atoms in total. The lowest BCUT2D eigenvalue weighted by molar-refractivity contribution is -0.140. The van der Waals surface area contributed by atoms with Gasteiger partial charge in [0.15, 0.2) is 0 Å². The summed E-state index contributed by atoms with van der Waals surface area (Å²) in [7, 11) is 0. The van der Waals surface area contributed by atoms with E-state index < -0.39 is 12.7 Å². The van der Waals surface area contributed by atoms with Crippen molar-refractivity contribution in [2.24, 2.45) is 0 Å². The smallest absolute Gasteiger partial charge is 0.384 e. The molecule has 0 aromatic carbocycles. The standard InChI is InChI=1S/C9H10F3N3/c1-5-6(2)15(4-9(10,11)12)8(14)7(5)3-13/h4,14H2,1-2H3. The molecular formula is C9H10F3N3. The van der Waals surface area contributed by atoms with Crippen molar-refractivity contribution in [3.8, 4) is 6.07 Å². The molecule has 0 saturated heterocycles.